The van der Waals surface area contributed by atoms with Crippen molar-refractivity contribution in [3.8, 4) is 5.75 Å². The van der Waals surface area contributed by atoms with E-state index in [0.29, 0.717) is 22.6 Å². The maximum atomic E-state index is 6.11. The average molecular weight is 354 g/mol. The average Bonchev–Trinajstić information content (AvgIpc) is 2.89. The molecule has 2 N–H and O–H groups in total. The van der Waals surface area contributed by atoms with Crippen molar-refractivity contribution in [2.45, 2.75) is 19.8 Å². The first kappa shape index (κ1) is 18.9. The standard InChI is InChI=1S/C15H22Cl2N2O.ClH/c1-2-20-15-8-14(17)13(16)7-12(15)4-6-19-5-3-11(9-18)10-19;/h7-8,11H,2-6,9-10,18H2,1H3;1H/t11-;/m0./s1. The van der Waals surface area contributed by atoms with Crippen LogP contribution in [0.2, 0.25) is 10.0 Å². The van der Waals surface area contributed by atoms with Gasteiger partial charge in [0.1, 0.15) is 5.75 Å². The monoisotopic (exact) mass is 352 g/mol. The van der Waals surface area contributed by atoms with Gasteiger partial charge in [0.2, 0.25) is 0 Å². The molecular weight excluding hydrogens is 331 g/mol. The van der Waals surface area contributed by atoms with Crippen LogP contribution in [0.4, 0.5) is 0 Å². The lowest BCUT2D eigenvalue weighted by Crippen LogP contribution is -2.25. The van der Waals surface area contributed by atoms with Crippen LogP contribution in [-0.4, -0.2) is 37.7 Å². The van der Waals surface area contributed by atoms with Crippen molar-refractivity contribution in [3.05, 3.63) is 27.7 Å². The molecule has 0 spiro atoms. The molecule has 1 atom stereocenters. The molecule has 0 unspecified atom stereocenters. The molecule has 1 aromatic carbocycles. The molecule has 1 saturated heterocycles. The smallest absolute Gasteiger partial charge is 0.124 e. The molecule has 0 saturated carbocycles. The number of benzene rings is 1. The molecule has 1 aliphatic heterocycles. The normalized spacial score (nSPS) is 18.6. The number of nitrogens with zero attached hydrogens (tertiary/aromatic N) is 1. The third kappa shape index (κ3) is 5.19. The second-order valence-electron chi connectivity index (χ2n) is 5.25. The fourth-order valence-corrected chi connectivity index (χ4v) is 2.98. The minimum atomic E-state index is 0. The fourth-order valence-electron chi connectivity index (χ4n) is 2.64. The summed E-state index contributed by atoms with van der Waals surface area (Å²) in [6, 6.07) is 3.74. The predicted octanol–water partition coefficient (Wildman–Crippen LogP) is 3.64. The van der Waals surface area contributed by atoms with E-state index in [1.54, 1.807) is 0 Å². The summed E-state index contributed by atoms with van der Waals surface area (Å²) in [4.78, 5) is 2.45. The van der Waals surface area contributed by atoms with Gasteiger partial charge in [-0.2, -0.15) is 0 Å². The molecule has 0 aromatic heterocycles. The van der Waals surface area contributed by atoms with E-state index in [1.165, 1.54) is 6.42 Å². The first-order valence-electron chi connectivity index (χ1n) is 7.17. The Balaban J connectivity index is 0.00000220. The van der Waals surface area contributed by atoms with E-state index >= 15 is 0 Å². The molecule has 1 aliphatic rings. The van der Waals surface area contributed by atoms with Gasteiger partial charge in [-0.05, 0) is 50.4 Å². The zero-order chi connectivity index (χ0) is 14.5. The van der Waals surface area contributed by atoms with Crippen LogP contribution in [0.1, 0.15) is 18.9 Å². The van der Waals surface area contributed by atoms with Crippen molar-refractivity contribution in [2.75, 3.05) is 32.8 Å². The third-order valence-corrected chi connectivity index (χ3v) is 4.53. The van der Waals surface area contributed by atoms with E-state index in [1.807, 2.05) is 19.1 Å². The molecule has 3 nitrogen and oxygen atoms in total. The van der Waals surface area contributed by atoms with Crippen molar-refractivity contribution in [1.82, 2.24) is 4.90 Å². The maximum absolute atomic E-state index is 6.11. The van der Waals surface area contributed by atoms with Gasteiger partial charge in [0.15, 0.2) is 0 Å². The third-order valence-electron chi connectivity index (χ3n) is 3.80. The minimum absolute atomic E-state index is 0. The summed E-state index contributed by atoms with van der Waals surface area (Å²) >= 11 is 12.2. The summed E-state index contributed by atoms with van der Waals surface area (Å²) in [5.41, 5.74) is 6.85. The fraction of sp³-hybridized carbons (Fsp3) is 0.600. The Kier molecular flexibility index (Phi) is 8.14. The summed E-state index contributed by atoms with van der Waals surface area (Å²) in [5.74, 6) is 1.49. The van der Waals surface area contributed by atoms with Crippen molar-refractivity contribution < 1.29 is 4.74 Å². The van der Waals surface area contributed by atoms with Crippen LogP contribution in [0.3, 0.4) is 0 Å². The Morgan fingerprint density at radius 1 is 1.33 bits per heavy atom. The highest BCUT2D eigenvalue weighted by atomic mass is 35.5. The molecule has 0 amide bonds. The highest BCUT2D eigenvalue weighted by molar-refractivity contribution is 6.42. The van der Waals surface area contributed by atoms with Crippen LogP contribution in [0.25, 0.3) is 0 Å². The zero-order valence-corrected chi connectivity index (χ0v) is 14.6. The second-order valence-corrected chi connectivity index (χ2v) is 6.06. The molecule has 1 heterocycles. The van der Waals surface area contributed by atoms with Crippen LogP contribution in [0.5, 0.6) is 5.75 Å². The van der Waals surface area contributed by atoms with Gasteiger partial charge in [-0.25, -0.2) is 0 Å². The van der Waals surface area contributed by atoms with Crippen LogP contribution in [0.15, 0.2) is 12.1 Å². The summed E-state index contributed by atoms with van der Waals surface area (Å²) in [6.45, 7) is 6.62. The molecule has 0 aliphatic carbocycles. The lowest BCUT2D eigenvalue weighted by atomic mass is 10.1. The largest absolute Gasteiger partial charge is 0.494 e. The van der Waals surface area contributed by atoms with Gasteiger partial charge in [-0.3, -0.25) is 0 Å². The quantitative estimate of drug-likeness (QED) is 0.848. The van der Waals surface area contributed by atoms with Gasteiger partial charge in [-0.1, -0.05) is 23.2 Å². The molecule has 1 aromatic rings. The summed E-state index contributed by atoms with van der Waals surface area (Å²) in [6.07, 6.45) is 2.12. The lowest BCUT2D eigenvalue weighted by molar-refractivity contribution is 0.317. The minimum Gasteiger partial charge on any atom is -0.494 e. The zero-order valence-electron chi connectivity index (χ0n) is 12.3. The number of halogens is 3. The maximum Gasteiger partial charge on any atom is 0.124 e. The number of hydrogen-bond donors (Lipinski definition) is 1. The Labute approximate surface area is 143 Å². The van der Waals surface area contributed by atoms with Gasteiger partial charge in [-0.15, -0.1) is 12.4 Å². The van der Waals surface area contributed by atoms with E-state index in [2.05, 4.69) is 4.90 Å². The highest BCUT2D eigenvalue weighted by Gasteiger charge is 2.21. The molecule has 6 heteroatoms. The summed E-state index contributed by atoms with van der Waals surface area (Å²) in [7, 11) is 0. The van der Waals surface area contributed by atoms with Crippen molar-refractivity contribution >= 4 is 35.6 Å². The van der Waals surface area contributed by atoms with E-state index < -0.39 is 0 Å². The van der Waals surface area contributed by atoms with Gasteiger partial charge >= 0.3 is 0 Å². The summed E-state index contributed by atoms with van der Waals surface area (Å²) < 4.78 is 5.65. The van der Waals surface area contributed by atoms with Crippen molar-refractivity contribution in [1.29, 1.82) is 0 Å². The van der Waals surface area contributed by atoms with Crippen LogP contribution in [0, 0.1) is 5.92 Å². The number of hydrogen-bond acceptors (Lipinski definition) is 3. The predicted molar refractivity (Wildman–Crippen MR) is 92.2 cm³/mol. The van der Waals surface area contributed by atoms with Gasteiger partial charge < -0.3 is 15.4 Å². The molecule has 1 fully saturated rings. The molecule has 0 bridgehead atoms. The number of ether oxygens (including phenoxy) is 1. The molecule has 21 heavy (non-hydrogen) atoms. The van der Waals surface area contributed by atoms with Crippen molar-refractivity contribution in [3.63, 3.8) is 0 Å². The number of likely N-dealkylation sites (tertiary alicyclic amines) is 1. The van der Waals surface area contributed by atoms with Crippen molar-refractivity contribution in [2.24, 2.45) is 11.7 Å². The van der Waals surface area contributed by atoms with Crippen LogP contribution >= 0.6 is 35.6 Å². The van der Waals surface area contributed by atoms with Gasteiger partial charge in [0, 0.05) is 19.2 Å². The molecule has 2 rings (SSSR count). The first-order chi connectivity index (χ1) is 9.63. The van der Waals surface area contributed by atoms with E-state index in [4.69, 9.17) is 33.7 Å². The highest BCUT2D eigenvalue weighted by Crippen LogP contribution is 2.31. The molecular formula is C15H23Cl3N2O. The lowest BCUT2D eigenvalue weighted by Gasteiger charge is -2.17. The Bertz CT molecular complexity index is 457. The Morgan fingerprint density at radius 2 is 2.05 bits per heavy atom. The SMILES string of the molecule is CCOc1cc(Cl)c(Cl)cc1CCN1CC[C@@H](CN)C1.Cl. The van der Waals surface area contributed by atoms with Gasteiger partial charge in [0.25, 0.3) is 0 Å². The number of rotatable bonds is 6. The van der Waals surface area contributed by atoms with Crippen LogP contribution in [-0.2, 0) is 6.42 Å². The molecule has 120 valence electrons. The first-order valence-corrected chi connectivity index (χ1v) is 7.92. The second kappa shape index (κ2) is 9.06. The van der Waals surface area contributed by atoms with Crippen LogP contribution < -0.4 is 10.5 Å². The topological polar surface area (TPSA) is 38.5 Å². The Hall–Kier alpha value is -0.190. The summed E-state index contributed by atoms with van der Waals surface area (Å²) in [5, 5.41) is 1.13. The Morgan fingerprint density at radius 3 is 2.67 bits per heavy atom. The van der Waals surface area contributed by atoms with E-state index in [-0.39, 0.29) is 12.4 Å². The van der Waals surface area contributed by atoms with Gasteiger partial charge in [0.05, 0.1) is 16.7 Å². The van der Waals surface area contributed by atoms with E-state index in [0.717, 1.165) is 43.9 Å². The number of nitrogens with two attached hydrogens (primary N) is 1. The van der Waals surface area contributed by atoms with E-state index in [9.17, 15) is 0 Å². The molecule has 0 radical (unpaired) electrons.